The first-order valence-corrected chi connectivity index (χ1v) is 7.50. The van der Waals surface area contributed by atoms with Gasteiger partial charge in [-0.3, -0.25) is 0 Å². The van der Waals surface area contributed by atoms with E-state index in [4.69, 9.17) is 21.7 Å². The van der Waals surface area contributed by atoms with Gasteiger partial charge in [0.05, 0.1) is 25.9 Å². The van der Waals surface area contributed by atoms with Gasteiger partial charge in [-0.25, -0.2) is 4.39 Å². The maximum absolute atomic E-state index is 13.6. The minimum absolute atomic E-state index is 0.0819. The summed E-state index contributed by atoms with van der Waals surface area (Å²) in [5.41, 5.74) is 1.31. The van der Waals surface area contributed by atoms with Crippen molar-refractivity contribution in [1.29, 1.82) is 0 Å². The summed E-state index contributed by atoms with van der Waals surface area (Å²) < 4.78 is 24.1. The lowest BCUT2D eigenvalue weighted by Crippen LogP contribution is -2.31. The van der Waals surface area contributed by atoms with E-state index >= 15 is 0 Å². The zero-order valence-electron chi connectivity index (χ0n) is 13.2. The average Bonchev–Trinajstić information content (AvgIpc) is 2.56. The van der Waals surface area contributed by atoms with Gasteiger partial charge in [0.25, 0.3) is 0 Å². The van der Waals surface area contributed by atoms with Crippen LogP contribution in [0.15, 0.2) is 42.5 Å². The molecule has 0 aromatic heterocycles. The smallest absolute Gasteiger partial charge is 0.171 e. The van der Waals surface area contributed by atoms with E-state index in [1.165, 1.54) is 6.07 Å². The van der Waals surface area contributed by atoms with Crippen molar-refractivity contribution >= 4 is 23.0 Å². The fourth-order valence-corrected chi connectivity index (χ4v) is 2.41. The first kappa shape index (κ1) is 17.0. The third kappa shape index (κ3) is 4.32. The Hall–Kier alpha value is -2.34. The summed E-state index contributed by atoms with van der Waals surface area (Å²) in [6, 6.07) is 11.9. The van der Waals surface area contributed by atoms with E-state index in [0.717, 1.165) is 5.56 Å². The van der Waals surface area contributed by atoms with Gasteiger partial charge in [-0.1, -0.05) is 18.2 Å². The summed E-state index contributed by atoms with van der Waals surface area (Å²) in [6.07, 6.45) is 0. The Kier molecular flexibility index (Phi) is 5.76. The summed E-state index contributed by atoms with van der Waals surface area (Å²) in [6.45, 7) is 1.95. The van der Waals surface area contributed by atoms with Crippen molar-refractivity contribution in [2.75, 3.05) is 19.5 Å². The molecule has 0 heterocycles. The quantitative estimate of drug-likeness (QED) is 0.812. The molecule has 23 heavy (non-hydrogen) atoms. The number of thiocarbonyl (C=S) groups is 1. The maximum atomic E-state index is 13.6. The summed E-state index contributed by atoms with van der Waals surface area (Å²) in [4.78, 5) is 0. The van der Waals surface area contributed by atoms with E-state index in [-0.39, 0.29) is 11.9 Å². The molecule has 0 aliphatic heterocycles. The molecule has 1 unspecified atom stereocenters. The van der Waals surface area contributed by atoms with Gasteiger partial charge in [-0.05, 0) is 49.0 Å². The Balaban J connectivity index is 2.05. The predicted molar refractivity (Wildman–Crippen MR) is 93.7 cm³/mol. The molecule has 122 valence electrons. The molecule has 1 atom stereocenters. The third-order valence-corrected chi connectivity index (χ3v) is 3.60. The third-order valence-electron chi connectivity index (χ3n) is 3.38. The van der Waals surface area contributed by atoms with Crippen LogP contribution in [0.1, 0.15) is 18.5 Å². The van der Waals surface area contributed by atoms with E-state index in [9.17, 15) is 4.39 Å². The van der Waals surface area contributed by atoms with Gasteiger partial charge < -0.3 is 20.1 Å². The molecular weight excluding hydrogens is 315 g/mol. The van der Waals surface area contributed by atoms with Crippen LogP contribution in [-0.2, 0) is 0 Å². The molecule has 0 amide bonds. The number of hydrogen-bond donors (Lipinski definition) is 2. The maximum Gasteiger partial charge on any atom is 0.171 e. The first-order chi connectivity index (χ1) is 11.0. The summed E-state index contributed by atoms with van der Waals surface area (Å²) >= 11 is 5.24. The van der Waals surface area contributed by atoms with Gasteiger partial charge in [0, 0.05) is 0 Å². The number of methoxy groups -OCH3 is 2. The molecule has 0 saturated carbocycles. The standard InChI is InChI=1S/C17H19FN2O2S/c1-11(12-8-9-15(21-2)16(10-12)22-3)19-17(23)20-14-7-5-4-6-13(14)18/h4-11H,1-3H3,(H2,19,20,23). The van der Waals surface area contributed by atoms with Gasteiger partial charge in [0.2, 0.25) is 0 Å². The Morgan fingerprint density at radius 3 is 2.43 bits per heavy atom. The number of nitrogens with one attached hydrogen (secondary N) is 2. The van der Waals surface area contributed by atoms with E-state index in [2.05, 4.69) is 10.6 Å². The molecule has 0 aliphatic rings. The Morgan fingerprint density at radius 1 is 1.09 bits per heavy atom. The number of anilines is 1. The van der Waals surface area contributed by atoms with Crippen LogP contribution in [0.4, 0.5) is 10.1 Å². The van der Waals surface area contributed by atoms with Crippen molar-refractivity contribution in [2.24, 2.45) is 0 Å². The van der Waals surface area contributed by atoms with Gasteiger partial charge in [-0.2, -0.15) is 0 Å². The van der Waals surface area contributed by atoms with E-state index in [1.807, 2.05) is 25.1 Å². The minimum atomic E-state index is -0.351. The molecule has 0 fully saturated rings. The fourth-order valence-electron chi connectivity index (χ4n) is 2.12. The van der Waals surface area contributed by atoms with Crippen LogP contribution in [0.2, 0.25) is 0 Å². The zero-order valence-corrected chi connectivity index (χ0v) is 14.0. The lowest BCUT2D eigenvalue weighted by Gasteiger charge is -2.19. The van der Waals surface area contributed by atoms with Gasteiger partial charge in [0.1, 0.15) is 5.82 Å². The number of hydrogen-bond acceptors (Lipinski definition) is 3. The Labute approximate surface area is 140 Å². The molecule has 0 aliphatic carbocycles. The lowest BCUT2D eigenvalue weighted by molar-refractivity contribution is 0.354. The van der Waals surface area contributed by atoms with E-state index in [0.29, 0.717) is 22.3 Å². The fraction of sp³-hybridized carbons (Fsp3) is 0.235. The van der Waals surface area contributed by atoms with Crippen molar-refractivity contribution < 1.29 is 13.9 Å². The van der Waals surface area contributed by atoms with E-state index < -0.39 is 0 Å². The molecule has 0 bridgehead atoms. The number of rotatable bonds is 5. The highest BCUT2D eigenvalue weighted by atomic mass is 32.1. The van der Waals surface area contributed by atoms with Crippen LogP contribution < -0.4 is 20.1 Å². The summed E-state index contributed by atoms with van der Waals surface area (Å²) in [5.74, 6) is 0.956. The predicted octanol–water partition coefficient (Wildman–Crippen LogP) is 3.89. The summed E-state index contributed by atoms with van der Waals surface area (Å²) in [7, 11) is 3.18. The molecule has 2 rings (SSSR count). The molecule has 4 nitrogen and oxygen atoms in total. The highest BCUT2D eigenvalue weighted by molar-refractivity contribution is 7.80. The van der Waals surface area contributed by atoms with Crippen LogP contribution in [0.5, 0.6) is 11.5 Å². The first-order valence-electron chi connectivity index (χ1n) is 7.09. The van der Waals surface area contributed by atoms with Gasteiger partial charge in [0.15, 0.2) is 16.6 Å². The van der Waals surface area contributed by atoms with Crippen LogP contribution in [-0.4, -0.2) is 19.3 Å². The van der Waals surface area contributed by atoms with Crippen molar-refractivity contribution in [3.8, 4) is 11.5 Å². The van der Waals surface area contributed by atoms with Crippen LogP contribution in [0.3, 0.4) is 0 Å². The van der Waals surface area contributed by atoms with Crippen molar-refractivity contribution in [1.82, 2.24) is 5.32 Å². The topological polar surface area (TPSA) is 42.5 Å². The van der Waals surface area contributed by atoms with Crippen molar-refractivity contribution in [3.63, 3.8) is 0 Å². The van der Waals surface area contributed by atoms with Crippen molar-refractivity contribution in [2.45, 2.75) is 13.0 Å². The normalized spacial score (nSPS) is 11.5. The SMILES string of the molecule is COc1ccc(C(C)NC(=S)Nc2ccccc2F)cc1OC. The van der Waals surface area contributed by atoms with Crippen LogP contribution in [0.25, 0.3) is 0 Å². The molecule has 2 aromatic carbocycles. The second-order valence-electron chi connectivity index (χ2n) is 4.91. The molecule has 0 spiro atoms. The van der Waals surface area contributed by atoms with Gasteiger partial charge in [-0.15, -0.1) is 0 Å². The van der Waals surface area contributed by atoms with Crippen LogP contribution >= 0.6 is 12.2 Å². The minimum Gasteiger partial charge on any atom is -0.493 e. The largest absolute Gasteiger partial charge is 0.493 e. The highest BCUT2D eigenvalue weighted by Crippen LogP contribution is 2.29. The second-order valence-corrected chi connectivity index (χ2v) is 5.32. The highest BCUT2D eigenvalue weighted by Gasteiger charge is 2.12. The number of halogens is 1. The number of benzene rings is 2. The molecule has 0 radical (unpaired) electrons. The number of para-hydroxylation sites is 1. The van der Waals surface area contributed by atoms with Crippen LogP contribution in [0, 0.1) is 5.82 Å². The molecule has 2 N–H and O–H groups in total. The summed E-state index contributed by atoms with van der Waals surface area (Å²) in [5, 5.41) is 6.31. The van der Waals surface area contributed by atoms with E-state index in [1.54, 1.807) is 32.4 Å². The second kappa shape index (κ2) is 7.78. The van der Waals surface area contributed by atoms with Gasteiger partial charge >= 0.3 is 0 Å². The molecule has 2 aromatic rings. The Bertz CT molecular complexity index is 694. The zero-order chi connectivity index (χ0) is 16.8. The Morgan fingerprint density at radius 2 is 1.78 bits per heavy atom. The average molecular weight is 334 g/mol. The molecule has 0 saturated heterocycles. The lowest BCUT2D eigenvalue weighted by atomic mass is 10.1. The number of ether oxygens (including phenoxy) is 2. The monoisotopic (exact) mass is 334 g/mol. The van der Waals surface area contributed by atoms with Crippen molar-refractivity contribution in [3.05, 3.63) is 53.8 Å². The molecular formula is C17H19FN2O2S. The molecule has 6 heteroatoms.